The van der Waals surface area contributed by atoms with Crippen molar-refractivity contribution in [3.8, 4) is 0 Å². The number of hydrogen-bond donors (Lipinski definition) is 1. The fourth-order valence-electron chi connectivity index (χ4n) is 1.83. The van der Waals surface area contributed by atoms with Crippen LogP contribution in [0.1, 0.15) is 13.3 Å². The third-order valence-electron chi connectivity index (χ3n) is 2.63. The molecule has 1 aliphatic rings. The molecule has 2 rings (SSSR count). The zero-order valence-corrected chi connectivity index (χ0v) is 10.2. The Labute approximate surface area is 104 Å². The van der Waals surface area contributed by atoms with Crippen molar-refractivity contribution in [1.29, 1.82) is 0 Å². The summed E-state index contributed by atoms with van der Waals surface area (Å²) < 4.78 is 0. The number of anilines is 1. The number of rotatable bonds is 3. The minimum Gasteiger partial charge on any atom is -0.480 e. The lowest BCUT2D eigenvalue weighted by atomic mass is 10.2. The van der Waals surface area contributed by atoms with E-state index in [9.17, 15) is 9.59 Å². The van der Waals surface area contributed by atoms with Crippen molar-refractivity contribution < 1.29 is 14.7 Å². The molecule has 1 unspecified atom stereocenters. The number of para-hydroxylation sites is 1. The molecular weight excluding hydrogens is 238 g/mol. The summed E-state index contributed by atoms with van der Waals surface area (Å²) in [6.07, 6.45) is 0.702. The van der Waals surface area contributed by atoms with Gasteiger partial charge in [0.2, 0.25) is 5.91 Å². The first-order valence-electron chi connectivity index (χ1n) is 5.42. The largest absolute Gasteiger partial charge is 0.480 e. The molecule has 1 heterocycles. The van der Waals surface area contributed by atoms with E-state index in [1.54, 1.807) is 6.07 Å². The Morgan fingerprint density at radius 1 is 1.47 bits per heavy atom. The predicted octanol–water partition coefficient (Wildman–Crippen LogP) is 1.99. The van der Waals surface area contributed by atoms with Crippen LogP contribution >= 0.6 is 11.8 Å². The van der Waals surface area contributed by atoms with Gasteiger partial charge in [-0.1, -0.05) is 19.1 Å². The summed E-state index contributed by atoms with van der Waals surface area (Å²) >= 11 is 1.51. The Bertz CT molecular complexity index is 461. The second-order valence-electron chi connectivity index (χ2n) is 3.80. The van der Waals surface area contributed by atoms with Gasteiger partial charge in [-0.05, 0) is 18.6 Å². The number of aliphatic carboxylic acids is 1. The van der Waals surface area contributed by atoms with E-state index in [-0.39, 0.29) is 17.7 Å². The summed E-state index contributed by atoms with van der Waals surface area (Å²) in [5.41, 5.74) is 0.703. The number of hydrogen-bond acceptors (Lipinski definition) is 3. The van der Waals surface area contributed by atoms with E-state index in [0.29, 0.717) is 12.1 Å². The third-order valence-corrected chi connectivity index (χ3v) is 4.05. The molecule has 1 atom stereocenters. The predicted molar refractivity (Wildman–Crippen MR) is 66.4 cm³/mol. The molecule has 1 aliphatic heterocycles. The fraction of sp³-hybridized carbons (Fsp3) is 0.333. The molecule has 0 fully saturated rings. The van der Waals surface area contributed by atoms with Gasteiger partial charge in [0, 0.05) is 4.90 Å². The summed E-state index contributed by atoms with van der Waals surface area (Å²) in [6.45, 7) is 1.66. The molecule has 0 saturated carbocycles. The zero-order valence-electron chi connectivity index (χ0n) is 9.42. The number of amides is 1. The first-order valence-corrected chi connectivity index (χ1v) is 6.30. The number of carboxylic acid groups (broad SMARTS) is 1. The van der Waals surface area contributed by atoms with Gasteiger partial charge in [-0.3, -0.25) is 14.5 Å². The Morgan fingerprint density at radius 3 is 2.82 bits per heavy atom. The number of nitrogens with zero attached hydrogens (tertiary/aromatic N) is 1. The van der Waals surface area contributed by atoms with Crippen molar-refractivity contribution in [2.75, 3.05) is 11.4 Å². The lowest BCUT2D eigenvalue weighted by Crippen LogP contribution is -2.43. The molecule has 0 spiro atoms. The van der Waals surface area contributed by atoms with E-state index in [4.69, 9.17) is 5.11 Å². The number of benzene rings is 1. The van der Waals surface area contributed by atoms with Crippen LogP contribution in [0.4, 0.5) is 5.69 Å². The molecule has 0 saturated heterocycles. The molecule has 1 N–H and O–H groups in total. The van der Waals surface area contributed by atoms with E-state index in [1.165, 1.54) is 16.7 Å². The molecule has 90 valence electrons. The molecule has 1 aromatic rings. The highest BCUT2D eigenvalue weighted by molar-refractivity contribution is 8.01. The maximum atomic E-state index is 12.1. The van der Waals surface area contributed by atoms with E-state index in [0.717, 1.165) is 4.90 Å². The summed E-state index contributed by atoms with van der Waals surface area (Å²) in [5.74, 6) is -1.10. The smallest absolute Gasteiger partial charge is 0.323 e. The number of carbonyl (C=O) groups is 2. The minimum absolute atomic E-state index is 0.112. The first-order chi connectivity index (χ1) is 8.13. The van der Waals surface area contributed by atoms with Crippen molar-refractivity contribution in [2.24, 2.45) is 0 Å². The maximum absolute atomic E-state index is 12.1. The topological polar surface area (TPSA) is 57.6 Å². The molecular formula is C12H13NO3S. The van der Waals surface area contributed by atoms with Gasteiger partial charge in [0.25, 0.3) is 0 Å². The number of fused-ring (bicyclic) bond motifs is 1. The van der Waals surface area contributed by atoms with Gasteiger partial charge < -0.3 is 5.11 Å². The zero-order chi connectivity index (χ0) is 12.4. The van der Waals surface area contributed by atoms with Crippen molar-refractivity contribution in [2.45, 2.75) is 23.5 Å². The van der Waals surface area contributed by atoms with Crippen molar-refractivity contribution in [1.82, 2.24) is 0 Å². The normalized spacial score (nSPS) is 19.0. The van der Waals surface area contributed by atoms with Crippen LogP contribution in [0.2, 0.25) is 0 Å². The summed E-state index contributed by atoms with van der Waals surface area (Å²) in [7, 11) is 0. The maximum Gasteiger partial charge on any atom is 0.323 e. The van der Waals surface area contributed by atoms with Crippen LogP contribution in [0.25, 0.3) is 0 Å². The molecule has 0 bridgehead atoms. The molecule has 1 amide bonds. The quantitative estimate of drug-likeness (QED) is 0.892. The Morgan fingerprint density at radius 2 is 2.18 bits per heavy atom. The fourth-order valence-corrected chi connectivity index (χ4v) is 2.99. The number of carboxylic acids is 1. The van der Waals surface area contributed by atoms with Crippen LogP contribution in [-0.2, 0) is 9.59 Å². The molecule has 0 radical (unpaired) electrons. The average Bonchev–Trinajstić information content (AvgIpc) is 2.32. The van der Waals surface area contributed by atoms with Gasteiger partial charge in [0.1, 0.15) is 6.54 Å². The molecule has 0 aliphatic carbocycles. The Hall–Kier alpha value is -1.49. The summed E-state index contributed by atoms with van der Waals surface area (Å²) in [6, 6.07) is 7.42. The lowest BCUT2D eigenvalue weighted by Gasteiger charge is -2.32. The van der Waals surface area contributed by atoms with Crippen LogP contribution in [0.3, 0.4) is 0 Å². The van der Waals surface area contributed by atoms with Crippen LogP contribution in [0.15, 0.2) is 29.2 Å². The SMILES string of the molecule is CCC1Sc2ccccc2N(CC(=O)O)C1=O. The molecule has 5 heteroatoms. The monoisotopic (exact) mass is 251 g/mol. The first kappa shape index (κ1) is 12.0. The van der Waals surface area contributed by atoms with Gasteiger partial charge in [-0.25, -0.2) is 0 Å². The Kier molecular flexibility index (Phi) is 3.38. The van der Waals surface area contributed by atoms with Crippen LogP contribution in [0, 0.1) is 0 Å². The van der Waals surface area contributed by atoms with Gasteiger partial charge in [-0.2, -0.15) is 0 Å². The van der Waals surface area contributed by atoms with E-state index in [2.05, 4.69) is 0 Å². The standard InChI is InChI=1S/C12H13NO3S/c1-2-9-12(16)13(7-11(14)15)8-5-3-4-6-10(8)17-9/h3-6,9H,2,7H2,1H3,(H,14,15). The average molecular weight is 251 g/mol. The van der Waals surface area contributed by atoms with E-state index >= 15 is 0 Å². The lowest BCUT2D eigenvalue weighted by molar-refractivity contribution is -0.136. The molecule has 0 aromatic heterocycles. The summed E-state index contributed by atoms with van der Waals surface area (Å²) in [5, 5.41) is 8.69. The highest BCUT2D eigenvalue weighted by Crippen LogP contribution is 2.39. The van der Waals surface area contributed by atoms with Gasteiger partial charge in [0.15, 0.2) is 0 Å². The molecule has 4 nitrogen and oxygen atoms in total. The number of thioether (sulfide) groups is 1. The second-order valence-corrected chi connectivity index (χ2v) is 5.05. The Balaban J connectivity index is 2.40. The second kappa shape index (κ2) is 4.79. The van der Waals surface area contributed by atoms with E-state index in [1.807, 2.05) is 25.1 Å². The van der Waals surface area contributed by atoms with Crippen LogP contribution in [0.5, 0.6) is 0 Å². The summed E-state index contributed by atoms with van der Waals surface area (Å²) in [4.78, 5) is 25.2. The third kappa shape index (κ3) is 2.29. The molecule has 1 aromatic carbocycles. The van der Waals surface area contributed by atoms with Gasteiger partial charge in [-0.15, -0.1) is 11.8 Å². The minimum atomic E-state index is -0.991. The van der Waals surface area contributed by atoms with Gasteiger partial charge in [0.05, 0.1) is 10.9 Å². The highest BCUT2D eigenvalue weighted by Gasteiger charge is 2.33. The van der Waals surface area contributed by atoms with Crippen molar-refractivity contribution >= 4 is 29.3 Å². The molecule has 17 heavy (non-hydrogen) atoms. The van der Waals surface area contributed by atoms with Crippen molar-refractivity contribution in [3.63, 3.8) is 0 Å². The number of carbonyl (C=O) groups excluding carboxylic acids is 1. The highest BCUT2D eigenvalue weighted by atomic mass is 32.2. The van der Waals surface area contributed by atoms with Crippen LogP contribution in [-0.4, -0.2) is 28.8 Å². The van der Waals surface area contributed by atoms with Crippen LogP contribution < -0.4 is 4.90 Å². The van der Waals surface area contributed by atoms with E-state index < -0.39 is 5.97 Å². The van der Waals surface area contributed by atoms with Gasteiger partial charge >= 0.3 is 5.97 Å². The van der Waals surface area contributed by atoms with Crippen molar-refractivity contribution in [3.05, 3.63) is 24.3 Å².